The Bertz CT molecular complexity index is 1300. The van der Waals surface area contributed by atoms with Crippen LogP contribution in [0, 0.1) is 11.8 Å². The summed E-state index contributed by atoms with van der Waals surface area (Å²) in [4.78, 5) is 58.5. The van der Waals surface area contributed by atoms with Gasteiger partial charge >= 0.3 is 5.97 Å². The Morgan fingerprint density at radius 2 is 1.79 bits per heavy atom. The van der Waals surface area contributed by atoms with Crippen LogP contribution in [0.3, 0.4) is 0 Å². The molecule has 4 heterocycles. The monoisotopic (exact) mass is 643 g/mol. The molecule has 0 aliphatic carbocycles. The van der Waals surface area contributed by atoms with Crippen LogP contribution in [-0.2, 0) is 28.7 Å². The summed E-state index contributed by atoms with van der Waals surface area (Å²) in [5.74, 6) is -3.69. The number of amides is 3. The Labute approximate surface area is 254 Å². The molecule has 0 saturated carbocycles. The molecule has 42 heavy (non-hydrogen) atoms. The second-order valence-corrected chi connectivity index (χ2v) is 12.7. The topological polar surface area (TPSA) is 125 Å². The van der Waals surface area contributed by atoms with Crippen LogP contribution in [0.2, 0.25) is 0 Å². The first-order chi connectivity index (χ1) is 20.0. The van der Waals surface area contributed by atoms with Gasteiger partial charge in [-0.3, -0.25) is 19.2 Å². The number of esters is 1. The van der Waals surface area contributed by atoms with Crippen LogP contribution in [0.15, 0.2) is 53.0 Å². The summed E-state index contributed by atoms with van der Waals surface area (Å²) in [7, 11) is 0. The minimum absolute atomic E-state index is 0.194. The van der Waals surface area contributed by atoms with E-state index in [-0.39, 0.29) is 37.4 Å². The first-order valence-electron chi connectivity index (χ1n) is 14.5. The van der Waals surface area contributed by atoms with Gasteiger partial charge in [-0.2, -0.15) is 0 Å². The molecule has 8 atom stereocenters. The number of likely N-dealkylation sites (tertiary alicyclic amines) is 1. The third kappa shape index (κ3) is 5.09. The summed E-state index contributed by atoms with van der Waals surface area (Å²) < 4.78 is 13.2. The molecule has 1 aromatic carbocycles. The summed E-state index contributed by atoms with van der Waals surface area (Å²) in [6.07, 6.45) is 4.49. The van der Waals surface area contributed by atoms with E-state index in [0.29, 0.717) is 16.5 Å². The second-order valence-electron chi connectivity index (χ2n) is 11.8. The predicted octanol–water partition coefficient (Wildman–Crippen LogP) is 2.62. The summed E-state index contributed by atoms with van der Waals surface area (Å²) in [6.45, 7) is 7.13. The second kappa shape index (κ2) is 11.9. The van der Waals surface area contributed by atoms with Gasteiger partial charge in [0.15, 0.2) is 0 Å². The van der Waals surface area contributed by atoms with Crippen LogP contribution in [-0.4, -0.2) is 87.6 Å². The Balaban J connectivity index is 1.62. The quantitative estimate of drug-likeness (QED) is 0.382. The maximum Gasteiger partial charge on any atom is 0.313 e. The molecule has 0 radical (unpaired) electrons. The predicted molar refractivity (Wildman–Crippen MR) is 157 cm³/mol. The molecule has 10 nitrogen and oxygen atoms in total. The lowest BCUT2D eigenvalue weighted by Gasteiger charge is -2.39. The van der Waals surface area contributed by atoms with Crippen molar-refractivity contribution in [2.24, 2.45) is 11.8 Å². The van der Waals surface area contributed by atoms with Gasteiger partial charge in [-0.15, -0.1) is 0 Å². The molecule has 4 aliphatic heterocycles. The van der Waals surface area contributed by atoms with Crippen molar-refractivity contribution in [1.82, 2.24) is 15.1 Å². The number of halogens is 1. The number of nitrogens with one attached hydrogen (secondary N) is 1. The van der Waals surface area contributed by atoms with Crippen LogP contribution in [0.1, 0.15) is 52.2 Å². The first-order valence-corrected chi connectivity index (χ1v) is 15.3. The highest BCUT2D eigenvalue weighted by Gasteiger charge is 2.75. The van der Waals surface area contributed by atoms with Crippen molar-refractivity contribution in [2.45, 2.75) is 82.5 Å². The Hall–Kier alpha value is -3.02. The molecule has 226 valence electrons. The van der Waals surface area contributed by atoms with E-state index in [9.17, 15) is 24.3 Å². The number of cyclic esters (lactones) is 1. The molecule has 11 heteroatoms. The SMILES string of the molecule is CC(C)N1C/C=C\CCC(=O)N[C@H](C)[C@@H](c2ccccc2)OC(=O)[C@@H]2[C@H]3O[C@@]4(C=C3Br)[C@H](C1=O)N([C@H](C)CO)C(=O)[C@@H]24. The number of nitrogens with zero attached hydrogens (tertiary/aromatic N) is 2. The van der Waals surface area contributed by atoms with E-state index in [1.54, 1.807) is 24.8 Å². The van der Waals surface area contributed by atoms with Gasteiger partial charge in [-0.05, 0) is 45.8 Å². The van der Waals surface area contributed by atoms with E-state index in [0.717, 1.165) is 0 Å². The zero-order valence-electron chi connectivity index (χ0n) is 24.2. The fraction of sp³-hybridized carbons (Fsp3) is 0.548. The molecule has 5 rings (SSSR count). The largest absolute Gasteiger partial charge is 0.455 e. The molecular weight excluding hydrogens is 606 g/mol. The number of aliphatic hydroxyl groups is 1. The summed E-state index contributed by atoms with van der Waals surface area (Å²) in [6, 6.07) is 6.57. The maximum atomic E-state index is 14.4. The Kier molecular flexibility index (Phi) is 8.65. The van der Waals surface area contributed by atoms with Crippen LogP contribution in [0.4, 0.5) is 0 Å². The first kappa shape index (κ1) is 30.4. The van der Waals surface area contributed by atoms with Gasteiger partial charge in [-0.1, -0.05) is 58.4 Å². The van der Waals surface area contributed by atoms with Crippen molar-refractivity contribution < 1.29 is 33.8 Å². The number of hydrogen-bond acceptors (Lipinski definition) is 7. The lowest BCUT2D eigenvalue weighted by atomic mass is 9.74. The lowest BCUT2D eigenvalue weighted by Crippen LogP contribution is -2.59. The minimum atomic E-state index is -1.42. The van der Waals surface area contributed by atoms with Crippen molar-refractivity contribution in [3.63, 3.8) is 0 Å². The molecule has 1 spiro atoms. The van der Waals surface area contributed by atoms with E-state index >= 15 is 0 Å². The fourth-order valence-electron chi connectivity index (χ4n) is 6.71. The zero-order valence-corrected chi connectivity index (χ0v) is 25.8. The van der Waals surface area contributed by atoms with Gasteiger partial charge in [0.05, 0.1) is 24.6 Å². The highest BCUT2D eigenvalue weighted by Crippen LogP contribution is 2.59. The molecule has 2 fully saturated rings. The number of carbonyl (C=O) groups excluding carboxylic acids is 4. The maximum absolute atomic E-state index is 14.4. The molecule has 2 N–H and O–H groups in total. The van der Waals surface area contributed by atoms with Crippen LogP contribution < -0.4 is 5.32 Å². The van der Waals surface area contributed by atoms with Crippen LogP contribution >= 0.6 is 15.9 Å². The van der Waals surface area contributed by atoms with Gasteiger partial charge < -0.3 is 29.7 Å². The molecule has 5 bridgehead atoms. The number of hydrogen-bond donors (Lipinski definition) is 2. The van der Waals surface area contributed by atoms with Gasteiger partial charge in [0, 0.05) is 23.5 Å². The van der Waals surface area contributed by atoms with Gasteiger partial charge in [-0.25, -0.2) is 0 Å². The molecule has 4 aliphatic rings. The molecular formula is C31H38BrN3O7. The van der Waals surface area contributed by atoms with Gasteiger partial charge in [0.25, 0.3) is 0 Å². The zero-order chi connectivity index (χ0) is 30.3. The van der Waals surface area contributed by atoms with Crippen molar-refractivity contribution in [2.75, 3.05) is 13.2 Å². The summed E-state index contributed by atoms with van der Waals surface area (Å²) in [5.41, 5.74) is -0.726. The number of fused-ring (bicyclic) bond motifs is 2. The molecule has 1 aromatic rings. The van der Waals surface area contributed by atoms with E-state index < -0.39 is 59.6 Å². The number of carbonyl (C=O) groups is 4. The number of allylic oxidation sites excluding steroid dienone is 1. The highest BCUT2D eigenvalue weighted by molar-refractivity contribution is 9.11. The van der Waals surface area contributed by atoms with Crippen LogP contribution in [0.5, 0.6) is 0 Å². The van der Waals surface area contributed by atoms with Crippen molar-refractivity contribution in [3.8, 4) is 0 Å². The van der Waals surface area contributed by atoms with E-state index in [1.165, 1.54) is 4.90 Å². The number of ether oxygens (including phenoxy) is 2. The minimum Gasteiger partial charge on any atom is -0.455 e. The number of aliphatic hydroxyl groups excluding tert-OH is 1. The Morgan fingerprint density at radius 1 is 1.07 bits per heavy atom. The molecule has 3 amide bonds. The van der Waals surface area contributed by atoms with E-state index in [2.05, 4.69) is 21.2 Å². The third-order valence-corrected chi connectivity index (χ3v) is 9.42. The average Bonchev–Trinajstić information content (AvgIpc) is 3.55. The number of benzene rings is 1. The molecule has 0 unspecified atom stereocenters. The summed E-state index contributed by atoms with van der Waals surface area (Å²) in [5, 5.41) is 13.1. The smallest absolute Gasteiger partial charge is 0.313 e. The highest BCUT2D eigenvalue weighted by atomic mass is 79.9. The number of rotatable bonds is 4. The Morgan fingerprint density at radius 3 is 2.45 bits per heavy atom. The van der Waals surface area contributed by atoms with E-state index in [4.69, 9.17) is 9.47 Å². The lowest BCUT2D eigenvalue weighted by molar-refractivity contribution is -0.162. The van der Waals surface area contributed by atoms with Crippen molar-refractivity contribution in [1.29, 1.82) is 0 Å². The standard InChI is InChI=1S/C31H38BrN3O7/c1-17(2)34-14-10-6-9-13-22(37)33-19(4)25(20-11-7-5-8-12-20)41-30(40)23-24-28(38)35(18(3)16-36)27(29(34)39)31(24)15-21(32)26(23)42-31/h5-8,10-12,15,17-19,23-27,36H,9,13-14,16H2,1-4H3,(H,33,37)/b10-6-/t18-,19-,23+,24-,25+,26+,27+,31-/m1/s1. The molecule has 0 aromatic heterocycles. The van der Waals surface area contributed by atoms with Crippen molar-refractivity contribution in [3.05, 3.63) is 58.6 Å². The van der Waals surface area contributed by atoms with E-state index in [1.807, 2.05) is 56.3 Å². The normalized spacial score (nSPS) is 35.2. The summed E-state index contributed by atoms with van der Waals surface area (Å²) >= 11 is 3.55. The van der Waals surface area contributed by atoms with Gasteiger partial charge in [0.1, 0.15) is 29.8 Å². The van der Waals surface area contributed by atoms with Gasteiger partial charge in [0.2, 0.25) is 17.7 Å². The molecule has 2 saturated heterocycles. The average molecular weight is 645 g/mol. The fourth-order valence-corrected chi connectivity index (χ4v) is 7.44. The third-order valence-electron chi connectivity index (χ3n) is 8.74. The van der Waals surface area contributed by atoms with Crippen LogP contribution in [0.25, 0.3) is 0 Å². The van der Waals surface area contributed by atoms with Crippen molar-refractivity contribution >= 4 is 39.6 Å².